The number of nitrogens with zero attached hydrogens (tertiary/aromatic N) is 4. The number of ether oxygens (including phenoxy) is 1. The van der Waals surface area contributed by atoms with Crippen molar-refractivity contribution in [3.05, 3.63) is 58.9 Å². The molecule has 1 saturated heterocycles. The van der Waals surface area contributed by atoms with Crippen molar-refractivity contribution in [1.29, 1.82) is 5.26 Å². The molecule has 1 atom stereocenters. The van der Waals surface area contributed by atoms with Gasteiger partial charge < -0.3 is 15.4 Å². The molecule has 3 aromatic rings. The van der Waals surface area contributed by atoms with Crippen LogP contribution in [-0.2, 0) is 33.1 Å². The molecule has 0 unspecified atom stereocenters. The second-order valence-electron chi connectivity index (χ2n) is 10.3. The van der Waals surface area contributed by atoms with Gasteiger partial charge in [0.25, 0.3) is 5.91 Å². The Bertz CT molecular complexity index is 1730. The lowest BCUT2D eigenvalue weighted by atomic mass is 9.89. The zero-order valence-electron chi connectivity index (χ0n) is 21.2. The third-order valence-corrected chi connectivity index (χ3v) is 9.24. The van der Waals surface area contributed by atoms with E-state index in [1.165, 1.54) is 35.1 Å². The van der Waals surface area contributed by atoms with Crippen LogP contribution in [0.4, 0.5) is 18.9 Å². The number of anilines is 1. The van der Waals surface area contributed by atoms with Crippen LogP contribution in [0.25, 0.3) is 11.4 Å². The molecule has 2 N–H and O–H groups in total. The number of amides is 2. The number of alkyl halides is 3. The summed E-state index contributed by atoms with van der Waals surface area (Å²) in [5.74, 6) is -2.43. The number of carbonyl (C=O) groups excluding carboxylic acids is 2. The predicted molar refractivity (Wildman–Crippen MR) is 136 cm³/mol. The van der Waals surface area contributed by atoms with Gasteiger partial charge in [0.1, 0.15) is 23.2 Å². The molecule has 2 aromatic heterocycles. The van der Waals surface area contributed by atoms with Crippen LogP contribution in [0, 0.1) is 17.2 Å². The number of sulfone groups is 1. The Hall–Kier alpha value is -4.45. The molecular weight excluding hydrogens is 565 g/mol. The monoisotopic (exact) mass is 586 g/mol. The molecule has 1 fully saturated rings. The molecule has 1 spiro atoms. The number of benzene rings is 1. The largest absolute Gasteiger partial charge is 0.484 e. The van der Waals surface area contributed by atoms with Gasteiger partial charge in [-0.2, -0.15) is 23.5 Å². The van der Waals surface area contributed by atoms with Crippen LogP contribution in [0.2, 0.25) is 0 Å². The Kier molecular flexibility index (Phi) is 6.07. The Labute approximate surface area is 231 Å². The predicted octanol–water partition coefficient (Wildman–Crippen LogP) is 2.33. The first-order valence-electron chi connectivity index (χ1n) is 12.5. The van der Waals surface area contributed by atoms with E-state index in [0.717, 1.165) is 11.1 Å². The SMILES string of the molecule is N#Cc1ccc(-c2nn3c(c2NC(=O)C2CS(=O)(=O)C2)C(=O)N[C@]2(CCc4cc(OCC(F)(F)F)ccc42)C3)nc1. The van der Waals surface area contributed by atoms with E-state index in [2.05, 4.69) is 20.7 Å². The third kappa shape index (κ3) is 4.88. The lowest BCUT2D eigenvalue weighted by Crippen LogP contribution is -2.52. The highest BCUT2D eigenvalue weighted by Crippen LogP contribution is 2.44. The number of hydrogen-bond acceptors (Lipinski definition) is 8. The Morgan fingerprint density at radius 2 is 2.05 bits per heavy atom. The van der Waals surface area contributed by atoms with Crippen LogP contribution in [0.1, 0.15) is 33.6 Å². The van der Waals surface area contributed by atoms with Gasteiger partial charge in [-0.15, -0.1) is 0 Å². The van der Waals surface area contributed by atoms with Crippen molar-refractivity contribution in [3.8, 4) is 23.2 Å². The molecule has 0 radical (unpaired) electrons. The number of fused-ring (bicyclic) bond motifs is 3. The summed E-state index contributed by atoms with van der Waals surface area (Å²) in [7, 11) is -3.28. The minimum Gasteiger partial charge on any atom is -0.484 e. The van der Waals surface area contributed by atoms with Gasteiger partial charge in [-0.25, -0.2) is 8.42 Å². The van der Waals surface area contributed by atoms with Crippen LogP contribution in [0.15, 0.2) is 36.5 Å². The highest BCUT2D eigenvalue weighted by molar-refractivity contribution is 7.92. The van der Waals surface area contributed by atoms with Crippen LogP contribution in [0.3, 0.4) is 0 Å². The second-order valence-corrected chi connectivity index (χ2v) is 12.4. The average molecular weight is 587 g/mol. The van der Waals surface area contributed by atoms with Crippen molar-refractivity contribution < 1.29 is 35.9 Å². The van der Waals surface area contributed by atoms with E-state index in [0.29, 0.717) is 18.4 Å². The summed E-state index contributed by atoms with van der Waals surface area (Å²) in [5, 5.41) is 19.4. The standard InChI is InChI=1S/C26H21F3N6O5S/c27-26(28,29)13-40-17-2-3-18-15(7-17)5-6-25(18)12-35-22(24(37)33-25)21(32-23(36)16-10-41(38,39)11-16)20(34-35)19-4-1-14(8-30)9-31-19/h1-4,7,9,16H,5-6,10-13H2,(H,32,36)(H,33,37)/t25-/m1/s1. The maximum absolute atomic E-state index is 13.6. The van der Waals surface area contributed by atoms with Crippen LogP contribution >= 0.6 is 0 Å². The third-order valence-electron chi connectivity index (χ3n) is 7.42. The minimum absolute atomic E-state index is 0.0471. The summed E-state index contributed by atoms with van der Waals surface area (Å²) < 4.78 is 67.4. The molecule has 4 heterocycles. The van der Waals surface area contributed by atoms with Crippen molar-refractivity contribution >= 4 is 27.3 Å². The van der Waals surface area contributed by atoms with Gasteiger partial charge in [-0.3, -0.25) is 19.3 Å². The number of nitriles is 1. The molecule has 3 aliphatic rings. The molecular formula is C26H21F3N6O5S. The molecule has 2 aliphatic heterocycles. The summed E-state index contributed by atoms with van der Waals surface area (Å²) in [6.45, 7) is -1.27. The fourth-order valence-electron chi connectivity index (χ4n) is 5.49. The molecule has 0 saturated carbocycles. The molecule has 15 heteroatoms. The smallest absolute Gasteiger partial charge is 0.422 e. The summed E-state index contributed by atoms with van der Waals surface area (Å²) in [6.07, 6.45) is -2.23. The van der Waals surface area contributed by atoms with E-state index >= 15 is 0 Å². The van der Waals surface area contributed by atoms with Gasteiger partial charge in [-0.1, -0.05) is 6.07 Å². The highest BCUT2D eigenvalue weighted by atomic mass is 32.2. The zero-order valence-corrected chi connectivity index (χ0v) is 22.0. The molecule has 1 aliphatic carbocycles. The molecule has 212 valence electrons. The van der Waals surface area contributed by atoms with E-state index in [1.807, 2.05) is 6.07 Å². The minimum atomic E-state index is -4.48. The van der Waals surface area contributed by atoms with Crippen molar-refractivity contribution in [3.63, 3.8) is 0 Å². The number of halogens is 3. The second kappa shape index (κ2) is 9.30. The number of aromatic nitrogens is 3. The molecule has 0 bridgehead atoms. The van der Waals surface area contributed by atoms with Crippen LogP contribution in [0.5, 0.6) is 5.75 Å². The molecule has 41 heavy (non-hydrogen) atoms. The highest BCUT2D eigenvalue weighted by Gasteiger charge is 2.47. The fraction of sp³-hybridized carbons (Fsp3) is 0.346. The molecule has 1 aromatic carbocycles. The van der Waals surface area contributed by atoms with Gasteiger partial charge in [-0.05, 0) is 48.2 Å². The Morgan fingerprint density at radius 1 is 1.27 bits per heavy atom. The Morgan fingerprint density at radius 3 is 2.71 bits per heavy atom. The number of carbonyl (C=O) groups is 2. The number of aryl methyl sites for hydroxylation is 1. The summed E-state index contributed by atoms with van der Waals surface area (Å²) in [6, 6.07) is 9.59. The first kappa shape index (κ1) is 26.8. The maximum atomic E-state index is 13.6. The van der Waals surface area contributed by atoms with Crippen molar-refractivity contribution in [2.45, 2.75) is 31.1 Å². The summed E-state index contributed by atoms with van der Waals surface area (Å²) >= 11 is 0. The number of hydrogen-bond donors (Lipinski definition) is 2. The molecule has 6 rings (SSSR count). The van der Waals surface area contributed by atoms with Crippen molar-refractivity contribution in [1.82, 2.24) is 20.1 Å². The summed E-state index contributed by atoms with van der Waals surface area (Å²) in [5.41, 5.74) is 1.39. The van der Waals surface area contributed by atoms with E-state index in [4.69, 9.17) is 10.00 Å². The molecule has 2 amide bonds. The number of pyridine rings is 1. The summed E-state index contributed by atoms with van der Waals surface area (Å²) in [4.78, 5) is 30.8. The van der Waals surface area contributed by atoms with Gasteiger partial charge in [0.05, 0.1) is 40.8 Å². The first-order valence-corrected chi connectivity index (χ1v) is 14.3. The van der Waals surface area contributed by atoms with Gasteiger partial charge in [0, 0.05) is 6.20 Å². The van der Waals surface area contributed by atoms with Crippen LogP contribution in [-0.4, -0.2) is 59.3 Å². The van der Waals surface area contributed by atoms with Crippen molar-refractivity contribution in [2.75, 3.05) is 23.4 Å². The normalized spacial score (nSPS) is 20.9. The van der Waals surface area contributed by atoms with E-state index in [9.17, 15) is 31.2 Å². The number of rotatable bonds is 5. The van der Waals surface area contributed by atoms with E-state index < -0.39 is 45.9 Å². The van der Waals surface area contributed by atoms with Crippen LogP contribution < -0.4 is 15.4 Å². The van der Waals surface area contributed by atoms with Gasteiger partial charge in [0.2, 0.25) is 5.91 Å². The molecule has 11 nitrogen and oxygen atoms in total. The van der Waals surface area contributed by atoms with Crippen molar-refractivity contribution in [2.24, 2.45) is 5.92 Å². The topological polar surface area (TPSA) is 156 Å². The average Bonchev–Trinajstić information content (AvgIpc) is 3.43. The van der Waals surface area contributed by atoms with E-state index in [1.54, 1.807) is 6.07 Å². The van der Waals surface area contributed by atoms with Gasteiger partial charge >= 0.3 is 6.18 Å². The lowest BCUT2D eigenvalue weighted by molar-refractivity contribution is -0.153. The maximum Gasteiger partial charge on any atom is 0.422 e. The fourth-order valence-corrected chi connectivity index (χ4v) is 6.92. The van der Waals surface area contributed by atoms with E-state index in [-0.39, 0.29) is 46.6 Å². The number of nitrogens with one attached hydrogen (secondary N) is 2. The lowest BCUT2D eigenvalue weighted by Gasteiger charge is -2.36. The zero-order chi connectivity index (χ0) is 29.2. The van der Waals surface area contributed by atoms with Gasteiger partial charge in [0.15, 0.2) is 22.1 Å². The quantitative estimate of drug-likeness (QED) is 0.462. The Balaban J connectivity index is 1.35. The first-order chi connectivity index (χ1) is 19.4.